The summed E-state index contributed by atoms with van der Waals surface area (Å²) in [6.45, 7) is 69.9. The zero-order valence-electron chi connectivity index (χ0n) is 84.0. The highest BCUT2D eigenvalue weighted by atomic mass is 16.5. The minimum absolute atomic E-state index is 0.00392. The summed E-state index contributed by atoms with van der Waals surface area (Å²) in [5, 5.41) is 23.9. The summed E-state index contributed by atoms with van der Waals surface area (Å²) in [6, 6.07) is -1.09. The molecular formula is C99H181N9O16. The standard InChI is InChI=1S/C99H181N9O16/c1-32-87(6,7)46-47-90(12,13)44-35-45-91(14,15)49-51-99(30,31)86(118)102-62-75(5)124-72-96(24,25)64-104-80(112)59-92(16,17)67-121-69-94(20,21)63-103-77(109)38-37-76(107-79(111)42-54-119-56-57-120-55-52-100-78(110)41-53-108-82(114)39-40-83(108)115)84(116)106-66-95(22,23)70-122-68-93(18,19)60-81(113)105-65-97(26,27)71-123-74(4)61-101-85(117)98(28,29)50-48-89(10,11)43-34-36-73(3)58-88(8,9)33-2/h34-36,39-40,44,73-76H,32-33,37-38,41-43,45-72H2,1-31H3,(H,100,110)(H,101,117)(H,102,118)(H,103,109)(H,104,112)(H,105,113)(H,106,116)(H,107,111)/b36-34-,44-35-/t73?,74?,75?,76-/m0/s1. The van der Waals surface area contributed by atoms with Crippen LogP contribution in [-0.2, 0) is 76.4 Å². The molecule has 4 atom stereocenters. The van der Waals surface area contributed by atoms with Crippen LogP contribution >= 0.6 is 0 Å². The zero-order chi connectivity index (χ0) is 95.1. The van der Waals surface area contributed by atoms with E-state index in [0.29, 0.717) is 56.1 Å². The Morgan fingerprint density at radius 3 is 1.26 bits per heavy atom. The van der Waals surface area contributed by atoms with Crippen LogP contribution in [0.4, 0.5) is 0 Å². The Labute approximate surface area is 752 Å². The van der Waals surface area contributed by atoms with Crippen LogP contribution < -0.4 is 42.5 Å². The monoisotopic (exact) mass is 1750 g/mol. The Bertz CT molecular complexity index is 3360. The Hall–Kier alpha value is -6.12. The molecule has 718 valence electrons. The van der Waals surface area contributed by atoms with Gasteiger partial charge in [-0.3, -0.25) is 52.8 Å². The highest BCUT2D eigenvalue weighted by Gasteiger charge is 2.36. The molecule has 3 unspecified atom stereocenters. The SMILES string of the molecule is CCC(C)(C)CCC(C)(C)/C=C\CC(C)(C)CCC(C)(C)C(=O)NCC(C)OCC(C)(C)CNC(=O)CC(C)(C)COCC(C)(C)CNC(=O)CC[C@H](NC(=O)CCOCCOCCNC(=O)CCN1C(=O)C=CC1=O)C(=O)NCC(C)(C)COCC(C)(C)CC(=O)NCC(C)(C)COC(C)CNC(=O)C(C)(C)CCC(C)(C)C/C=C\C(C)CC(C)(C)CC. The maximum Gasteiger partial charge on any atom is 0.253 e. The quantitative estimate of drug-likeness (QED) is 0.0159. The van der Waals surface area contributed by atoms with Gasteiger partial charge in [-0.05, 0) is 122 Å². The van der Waals surface area contributed by atoms with Crippen LogP contribution in [0.25, 0.3) is 0 Å². The maximum absolute atomic E-state index is 14.1. The summed E-state index contributed by atoms with van der Waals surface area (Å²) in [4.78, 5) is 132. The molecular weight excluding hydrogens is 1570 g/mol. The normalized spacial score (nSPS) is 15.0. The number of amides is 10. The number of nitrogens with one attached hydrogen (secondary N) is 8. The first kappa shape index (κ1) is 116. The van der Waals surface area contributed by atoms with Gasteiger partial charge in [-0.1, -0.05) is 238 Å². The fraction of sp³-hybridized carbons (Fsp3) is 0.838. The van der Waals surface area contributed by atoms with Crippen LogP contribution in [0.2, 0.25) is 0 Å². The van der Waals surface area contributed by atoms with E-state index in [1.165, 1.54) is 12.8 Å². The summed E-state index contributed by atoms with van der Waals surface area (Å²) in [6.07, 6.45) is 22.5. The highest BCUT2D eigenvalue weighted by Crippen LogP contribution is 2.39. The molecule has 1 rings (SSSR count). The number of nitrogens with zero attached hydrogens (tertiary/aromatic N) is 1. The molecule has 0 spiro atoms. The largest absolute Gasteiger partial charge is 0.380 e. The Kier molecular flexibility index (Phi) is 49.7. The summed E-state index contributed by atoms with van der Waals surface area (Å²) < 4.78 is 36.1. The van der Waals surface area contributed by atoms with Crippen LogP contribution in [0.1, 0.15) is 324 Å². The highest BCUT2D eigenvalue weighted by molar-refractivity contribution is 6.13. The van der Waals surface area contributed by atoms with Gasteiger partial charge in [-0.25, -0.2) is 0 Å². The van der Waals surface area contributed by atoms with Gasteiger partial charge in [0.1, 0.15) is 6.04 Å². The molecule has 0 aliphatic carbocycles. The third-order valence-corrected chi connectivity index (χ3v) is 23.8. The molecule has 124 heavy (non-hydrogen) atoms. The molecule has 25 heteroatoms. The number of imide groups is 1. The zero-order valence-corrected chi connectivity index (χ0v) is 84.0. The van der Waals surface area contributed by atoms with E-state index >= 15 is 0 Å². The van der Waals surface area contributed by atoms with Crippen molar-refractivity contribution >= 4 is 59.1 Å². The molecule has 0 saturated heterocycles. The fourth-order valence-corrected chi connectivity index (χ4v) is 13.4. The fourth-order valence-electron chi connectivity index (χ4n) is 13.4. The lowest BCUT2D eigenvalue weighted by Crippen LogP contribution is -2.50. The molecule has 0 bridgehead atoms. The number of carbonyl (C=O) groups is 10. The third kappa shape index (κ3) is 54.3. The van der Waals surface area contributed by atoms with Gasteiger partial charge in [-0.15, -0.1) is 0 Å². The van der Waals surface area contributed by atoms with Gasteiger partial charge in [0.2, 0.25) is 47.3 Å². The van der Waals surface area contributed by atoms with Crippen molar-refractivity contribution in [3.63, 3.8) is 0 Å². The summed E-state index contributed by atoms with van der Waals surface area (Å²) in [5.74, 6) is -2.27. The van der Waals surface area contributed by atoms with E-state index in [4.69, 9.17) is 28.4 Å². The second-order valence-corrected chi connectivity index (χ2v) is 46.0. The van der Waals surface area contributed by atoms with E-state index in [1.807, 2.05) is 125 Å². The topological polar surface area (TPSA) is 326 Å². The van der Waals surface area contributed by atoms with Crippen molar-refractivity contribution in [1.82, 2.24) is 47.4 Å². The maximum atomic E-state index is 14.1. The van der Waals surface area contributed by atoms with Crippen LogP contribution in [0.3, 0.4) is 0 Å². The molecule has 8 N–H and O–H groups in total. The summed E-state index contributed by atoms with van der Waals surface area (Å²) in [7, 11) is 0. The van der Waals surface area contributed by atoms with Crippen molar-refractivity contribution < 1.29 is 76.4 Å². The molecule has 25 nitrogen and oxygen atoms in total. The van der Waals surface area contributed by atoms with E-state index in [2.05, 4.69) is 157 Å². The van der Waals surface area contributed by atoms with Crippen LogP contribution in [0, 0.1) is 76.3 Å². The van der Waals surface area contributed by atoms with Crippen molar-refractivity contribution in [3.8, 4) is 0 Å². The molecule has 10 amide bonds. The van der Waals surface area contributed by atoms with Gasteiger partial charge in [0.05, 0.1) is 78.3 Å². The number of ether oxygens (including phenoxy) is 6. The van der Waals surface area contributed by atoms with Gasteiger partial charge < -0.3 is 71.0 Å². The molecule has 1 aliphatic rings. The predicted octanol–water partition coefficient (Wildman–Crippen LogP) is 15.8. The number of hydrogen-bond donors (Lipinski definition) is 8. The van der Waals surface area contributed by atoms with Crippen molar-refractivity contribution in [2.45, 2.75) is 342 Å². The van der Waals surface area contributed by atoms with E-state index in [-0.39, 0.29) is 181 Å². The van der Waals surface area contributed by atoms with E-state index in [0.717, 1.165) is 74.8 Å². The third-order valence-electron chi connectivity index (χ3n) is 23.8. The minimum atomic E-state index is -1.09. The Morgan fingerprint density at radius 2 is 0.798 bits per heavy atom. The van der Waals surface area contributed by atoms with Crippen molar-refractivity contribution in [2.24, 2.45) is 76.3 Å². The second-order valence-electron chi connectivity index (χ2n) is 46.0. The van der Waals surface area contributed by atoms with E-state index in [9.17, 15) is 47.9 Å². The number of allylic oxidation sites excluding steroid dienone is 4. The van der Waals surface area contributed by atoms with Crippen LogP contribution in [-0.4, -0.2) is 201 Å². The lowest BCUT2D eigenvalue weighted by molar-refractivity contribution is -0.137. The van der Waals surface area contributed by atoms with Crippen molar-refractivity contribution in [3.05, 3.63) is 36.5 Å². The van der Waals surface area contributed by atoms with Gasteiger partial charge >= 0.3 is 0 Å². The second kappa shape index (κ2) is 53.1. The lowest BCUT2D eigenvalue weighted by Gasteiger charge is -2.31. The molecule has 0 aromatic rings. The molecule has 0 saturated carbocycles. The molecule has 0 radical (unpaired) electrons. The number of carbonyl (C=O) groups excluding carboxylic acids is 10. The first-order valence-corrected chi connectivity index (χ1v) is 46.4. The lowest BCUT2D eigenvalue weighted by atomic mass is 9.75. The average Bonchev–Trinajstić information content (AvgIpc) is 1.12. The Balaban J connectivity index is 2.82. The summed E-state index contributed by atoms with van der Waals surface area (Å²) >= 11 is 0. The molecule has 0 aromatic heterocycles. The molecule has 1 heterocycles. The molecule has 0 aromatic carbocycles. The minimum Gasteiger partial charge on any atom is -0.380 e. The van der Waals surface area contributed by atoms with Crippen LogP contribution in [0.15, 0.2) is 36.5 Å². The smallest absolute Gasteiger partial charge is 0.253 e. The molecule has 0 fully saturated rings. The molecule has 1 aliphatic heterocycles. The van der Waals surface area contributed by atoms with Gasteiger partial charge in [0.15, 0.2) is 0 Å². The average molecular weight is 1750 g/mol. The van der Waals surface area contributed by atoms with Gasteiger partial charge in [0, 0.05) is 129 Å². The Morgan fingerprint density at radius 1 is 0.395 bits per heavy atom. The van der Waals surface area contributed by atoms with Crippen molar-refractivity contribution in [2.75, 3.05) is 118 Å². The van der Waals surface area contributed by atoms with Gasteiger partial charge in [-0.2, -0.15) is 0 Å². The first-order chi connectivity index (χ1) is 56.8. The van der Waals surface area contributed by atoms with Crippen molar-refractivity contribution in [1.29, 1.82) is 0 Å². The van der Waals surface area contributed by atoms with Crippen LogP contribution in [0.5, 0.6) is 0 Å². The number of hydrogen-bond acceptors (Lipinski definition) is 16. The van der Waals surface area contributed by atoms with E-state index in [1.54, 1.807) is 0 Å². The van der Waals surface area contributed by atoms with Gasteiger partial charge in [0.25, 0.3) is 11.8 Å². The number of rotatable bonds is 68. The van der Waals surface area contributed by atoms with E-state index < -0.39 is 73.0 Å². The predicted molar refractivity (Wildman–Crippen MR) is 499 cm³/mol. The first-order valence-electron chi connectivity index (χ1n) is 46.4. The summed E-state index contributed by atoms with van der Waals surface area (Å²) in [5.41, 5.74) is -3.14.